The van der Waals surface area contributed by atoms with Gasteiger partial charge in [-0.1, -0.05) is 29.3 Å². The van der Waals surface area contributed by atoms with Crippen molar-refractivity contribution in [3.05, 3.63) is 39.9 Å². The van der Waals surface area contributed by atoms with E-state index in [0.29, 0.717) is 10.0 Å². The molecule has 0 heterocycles. The van der Waals surface area contributed by atoms with Gasteiger partial charge in [0.1, 0.15) is 0 Å². The van der Waals surface area contributed by atoms with Crippen LogP contribution in [0.5, 0.6) is 0 Å². The Hall–Kier alpha value is -0.970. The van der Waals surface area contributed by atoms with E-state index < -0.39 is 0 Å². The van der Waals surface area contributed by atoms with Crippen LogP contribution in [0.25, 0.3) is 6.08 Å². The fraction of sp³-hybridized carbons (Fsp3) is 0. The Kier molecular flexibility index (Phi) is 3.16. The van der Waals surface area contributed by atoms with Crippen LogP contribution in [0, 0.1) is 11.3 Å². The van der Waals surface area contributed by atoms with Crippen molar-refractivity contribution in [2.24, 2.45) is 0 Å². The maximum absolute atomic E-state index is 8.26. The molecule has 0 aliphatic carbocycles. The molecule has 0 amide bonds. The van der Waals surface area contributed by atoms with Gasteiger partial charge in [-0.15, -0.1) is 0 Å². The summed E-state index contributed by atoms with van der Waals surface area (Å²) in [5.74, 6) is 0. The molecule has 12 heavy (non-hydrogen) atoms. The minimum Gasteiger partial charge on any atom is -0.193 e. The molecule has 0 spiro atoms. The summed E-state index contributed by atoms with van der Waals surface area (Å²) in [5, 5.41) is 9.27. The van der Waals surface area contributed by atoms with Crippen molar-refractivity contribution in [2.75, 3.05) is 0 Å². The van der Waals surface area contributed by atoms with E-state index in [1.54, 1.807) is 24.3 Å². The Morgan fingerprint density at radius 1 is 1.25 bits per heavy atom. The molecular weight excluding hydrogens is 193 g/mol. The van der Waals surface area contributed by atoms with Crippen LogP contribution in [-0.2, 0) is 0 Å². The second-order valence-electron chi connectivity index (χ2n) is 2.14. The number of hydrogen-bond acceptors (Lipinski definition) is 1. The molecule has 0 unspecified atom stereocenters. The van der Waals surface area contributed by atoms with Crippen molar-refractivity contribution in [1.82, 2.24) is 0 Å². The van der Waals surface area contributed by atoms with E-state index in [1.807, 2.05) is 6.07 Å². The van der Waals surface area contributed by atoms with Gasteiger partial charge in [-0.2, -0.15) is 5.26 Å². The molecule has 0 N–H and O–H groups in total. The lowest BCUT2D eigenvalue weighted by Crippen LogP contribution is -1.72. The van der Waals surface area contributed by atoms with Gasteiger partial charge < -0.3 is 0 Å². The highest BCUT2D eigenvalue weighted by Gasteiger charge is 1.95. The molecular formula is C9H5Cl2N. The molecule has 0 saturated heterocycles. The first-order valence-corrected chi connectivity index (χ1v) is 4.01. The van der Waals surface area contributed by atoms with Crippen LogP contribution < -0.4 is 0 Å². The third kappa shape index (κ3) is 2.27. The summed E-state index contributed by atoms with van der Waals surface area (Å²) in [4.78, 5) is 0. The number of halogens is 2. The summed E-state index contributed by atoms with van der Waals surface area (Å²) in [6.45, 7) is 0. The van der Waals surface area contributed by atoms with Gasteiger partial charge in [-0.3, -0.25) is 0 Å². The third-order valence-corrected chi connectivity index (χ3v) is 2.03. The van der Waals surface area contributed by atoms with Gasteiger partial charge >= 0.3 is 0 Å². The Labute approximate surface area is 80.8 Å². The Balaban J connectivity index is 2.99. The van der Waals surface area contributed by atoms with Gasteiger partial charge in [0.25, 0.3) is 0 Å². The summed E-state index contributed by atoms with van der Waals surface area (Å²) in [6, 6.07) is 7.09. The summed E-state index contributed by atoms with van der Waals surface area (Å²) in [6.07, 6.45) is 3.06. The lowest BCUT2D eigenvalue weighted by molar-refractivity contribution is 1.54. The number of benzene rings is 1. The predicted molar refractivity (Wildman–Crippen MR) is 51.1 cm³/mol. The zero-order valence-electron chi connectivity index (χ0n) is 6.09. The summed E-state index contributed by atoms with van der Waals surface area (Å²) in [7, 11) is 0. The molecule has 0 aliphatic rings. The van der Waals surface area contributed by atoms with E-state index in [0.717, 1.165) is 5.56 Å². The molecule has 1 nitrogen and oxygen atoms in total. The Bertz CT molecular complexity index is 350. The molecule has 0 radical (unpaired) electrons. The molecule has 0 saturated carbocycles. The summed E-state index contributed by atoms with van der Waals surface area (Å²) >= 11 is 11.4. The standard InChI is InChI=1S/C9H5Cl2N/c10-8-4-3-7(2-1-5-12)6-9(8)11/h1-4,6H/b2-1-. The Morgan fingerprint density at radius 2 is 2.00 bits per heavy atom. The zero-order chi connectivity index (χ0) is 8.97. The first-order chi connectivity index (χ1) is 5.74. The maximum Gasteiger partial charge on any atom is 0.0912 e. The first-order valence-electron chi connectivity index (χ1n) is 3.25. The molecule has 1 rings (SSSR count). The fourth-order valence-corrected chi connectivity index (χ4v) is 1.06. The summed E-state index contributed by atoms with van der Waals surface area (Å²) in [5.41, 5.74) is 0.867. The lowest BCUT2D eigenvalue weighted by atomic mass is 10.2. The maximum atomic E-state index is 8.26. The van der Waals surface area contributed by atoms with Crippen molar-refractivity contribution in [3.63, 3.8) is 0 Å². The molecule has 0 atom stereocenters. The van der Waals surface area contributed by atoms with Crippen LogP contribution in [0.3, 0.4) is 0 Å². The van der Waals surface area contributed by atoms with E-state index in [-0.39, 0.29) is 0 Å². The fourth-order valence-electron chi connectivity index (χ4n) is 0.750. The number of hydrogen-bond donors (Lipinski definition) is 0. The number of nitrogens with zero attached hydrogens (tertiary/aromatic N) is 1. The van der Waals surface area contributed by atoms with Gasteiger partial charge in [-0.05, 0) is 23.8 Å². The van der Waals surface area contributed by atoms with Crippen molar-refractivity contribution in [3.8, 4) is 6.07 Å². The van der Waals surface area contributed by atoms with Crippen LogP contribution in [-0.4, -0.2) is 0 Å². The highest BCUT2D eigenvalue weighted by atomic mass is 35.5. The second kappa shape index (κ2) is 4.15. The van der Waals surface area contributed by atoms with E-state index >= 15 is 0 Å². The lowest BCUT2D eigenvalue weighted by Gasteiger charge is -1.95. The molecule has 1 aromatic carbocycles. The van der Waals surface area contributed by atoms with E-state index in [4.69, 9.17) is 28.5 Å². The van der Waals surface area contributed by atoms with E-state index in [1.165, 1.54) is 6.08 Å². The topological polar surface area (TPSA) is 23.8 Å². The van der Waals surface area contributed by atoms with Crippen LogP contribution >= 0.6 is 23.2 Å². The van der Waals surface area contributed by atoms with Gasteiger partial charge in [0.15, 0.2) is 0 Å². The molecule has 0 fully saturated rings. The van der Waals surface area contributed by atoms with Gasteiger partial charge in [0, 0.05) is 6.08 Å². The quantitative estimate of drug-likeness (QED) is 0.633. The van der Waals surface area contributed by atoms with Crippen molar-refractivity contribution < 1.29 is 0 Å². The predicted octanol–water partition coefficient (Wildman–Crippen LogP) is 3.53. The molecule has 0 aromatic heterocycles. The average Bonchev–Trinajstić information content (AvgIpc) is 2.07. The van der Waals surface area contributed by atoms with Crippen LogP contribution in [0.2, 0.25) is 10.0 Å². The van der Waals surface area contributed by atoms with Gasteiger partial charge in [0.2, 0.25) is 0 Å². The number of rotatable bonds is 1. The van der Waals surface area contributed by atoms with Crippen molar-refractivity contribution in [1.29, 1.82) is 5.26 Å². The molecule has 60 valence electrons. The zero-order valence-corrected chi connectivity index (χ0v) is 7.60. The molecule has 1 aromatic rings. The molecule has 3 heteroatoms. The van der Waals surface area contributed by atoms with Crippen LogP contribution in [0.4, 0.5) is 0 Å². The molecule has 0 bridgehead atoms. The third-order valence-electron chi connectivity index (χ3n) is 1.29. The minimum atomic E-state index is 0.497. The highest BCUT2D eigenvalue weighted by Crippen LogP contribution is 2.22. The van der Waals surface area contributed by atoms with E-state index in [2.05, 4.69) is 0 Å². The van der Waals surface area contributed by atoms with Gasteiger partial charge in [0.05, 0.1) is 16.1 Å². The normalized spacial score (nSPS) is 10.1. The Morgan fingerprint density at radius 3 is 2.58 bits per heavy atom. The monoisotopic (exact) mass is 197 g/mol. The minimum absolute atomic E-state index is 0.497. The second-order valence-corrected chi connectivity index (χ2v) is 2.95. The molecule has 0 aliphatic heterocycles. The van der Waals surface area contributed by atoms with Crippen LogP contribution in [0.1, 0.15) is 5.56 Å². The largest absolute Gasteiger partial charge is 0.193 e. The highest BCUT2D eigenvalue weighted by molar-refractivity contribution is 6.42. The van der Waals surface area contributed by atoms with E-state index in [9.17, 15) is 0 Å². The smallest absolute Gasteiger partial charge is 0.0912 e. The SMILES string of the molecule is N#C/C=C\c1ccc(Cl)c(Cl)c1. The summed E-state index contributed by atoms with van der Waals surface area (Å²) < 4.78 is 0. The van der Waals surface area contributed by atoms with Crippen molar-refractivity contribution >= 4 is 29.3 Å². The van der Waals surface area contributed by atoms with Crippen LogP contribution in [0.15, 0.2) is 24.3 Å². The number of allylic oxidation sites excluding steroid dienone is 1. The average molecular weight is 198 g/mol. The first kappa shape index (κ1) is 9.12. The van der Waals surface area contributed by atoms with Gasteiger partial charge in [-0.25, -0.2) is 0 Å². The van der Waals surface area contributed by atoms with Crippen molar-refractivity contribution in [2.45, 2.75) is 0 Å². The number of nitriles is 1.